The highest BCUT2D eigenvalue weighted by molar-refractivity contribution is 5.38. The summed E-state index contributed by atoms with van der Waals surface area (Å²) in [5.74, 6) is 1.78. The first-order chi connectivity index (χ1) is 10.3. The Morgan fingerprint density at radius 2 is 2.14 bits per heavy atom. The lowest BCUT2D eigenvalue weighted by Gasteiger charge is -2.32. The monoisotopic (exact) mass is 295 g/mol. The molecule has 7 heteroatoms. The van der Waals surface area contributed by atoms with E-state index in [4.69, 9.17) is 9.47 Å². The van der Waals surface area contributed by atoms with Crippen molar-refractivity contribution in [3.63, 3.8) is 0 Å². The van der Waals surface area contributed by atoms with Gasteiger partial charge in [0.1, 0.15) is 0 Å². The summed E-state index contributed by atoms with van der Waals surface area (Å²) < 4.78 is 10.5. The van der Waals surface area contributed by atoms with Crippen LogP contribution in [0.5, 0.6) is 6.01 Å². The van der Waals surface area contributed by atoms with E-state index in [-0.39, 0.29) is 0 Å². The van der Waals surface area contributed by atoms with Gasteiger partial charge in [0.25, 0.3) is 0 Å². The first-order valence-corrected chi connectivity index (χ1v) is 7.54. The predicted molar refractivity (Wildman–Crippen MR) is 82.0 cm³/mol. The Morgan fingerprint density at radius 3 is 2.86 bits per heavy atom. The van der Waals surface area contributed by atoms with Crippen molar-refractivity contribution in [3.05, 3.63) is 0 Å². The maximum atomic E-state index is 5.27. The standard InChI is InChI=1S/C14H25N5O2/c1-4-7-15-12-16-13(18-14(17-12)21-3)19-8-5-6-11(9-19)10-20-2/h11H,4-10H2,1-3H3,(H,15,16,17,18). The molecule has 1 unspecified atom stereocenters. The average Bonchev–Trinajstić information content (AvgIpc) is 2.53. The third kappa shape index (κ3) is 4.42. The molecule has 1 aromatic rings. The zero-order valence-corrected chi connectivity index (χ0v) is 13.1. The van der Waals surface area contributed by atoms with Crippen LogP contribution in [-0.4, -0.2) is 55.4 Å². The molecule has 0 amide bonds. The zero-order valence-electron chi connectivity index (χ0n) is 13.1. The van der Waals surface area contributed by atoms with Crippen molar-refractivity contribution in [3.8, 4) is 6.01 Å². The highest BCUT2D eigenvalue weighted by atomic mass is 16.5. The number of nitrogens with one attached hydrogen (secondary N) is 1. The van der Waals surface area contributed by atoms with Crippen molar-refractivity contribution < 1.29 is 9.47 Å². The molecule has 2 rings (SSSR count). The highest BCUT2D eigenvalue weighted by Gasteiger charge is 2.23. The minimum atomic E-state index is 0.354. The molecule has 1 aromatic heterocycles. The van der Waals surface area contributed by atoms with Crippen molar-refractivity contribution in [1.82, 2.24) is 15.0 Å². The fraction of sp³-hybridized carbons (Fsp3) is 0.786. The summed E-state index contributed by atoms with van der Waals surface area (Å²) in [4.78, 5) is 15.3. The minimum Gasteiger partial charge on any atom is -0.467 e. The molecule has 0 aromatic carbocycles. The van der Waals surface area contributed by atoms with Gasteiger partial charge in [-0.15, -0.1) is 0 Å². The van der Waals surface area contributed by atoms with E-state index in [9.17, 15) is 0 Å². The van der Waals surface area contributed by atoms with E-state index < -0.39 is 0 Å². The van der Waals surface area contributed by atoms with E-state index >= 15 is 0 Å². The van der Waals surface area contributed by atoms with Crippen molar-refractivity contribution in [2.24, 2.45) is 5.92 Å². The van der Waals surface area contributed by atoms with Crippen molar-refractivity contribution in [2.75, 3.05) is 50.7 Å². The van der Waals surface area contributed by atoms with Crippen LogP contribution in [0.25, 0.3) is 0 Å². The largest absolute Gasteiger partial charge is 0.467 e. The third-order valence-electron chi connectivity index (χ3n) is 3.52. The molecule has 1 aliphatic heterocycles. The van der Waals surface area contributed by atoms with E-state index in [0.29, 0.717) is 23.8 Å². The number of rotatable bonds is 7. The Kier molecular flexibility index (Phi) is 5.98. The van der Waals surface area contributed by atoms with Crippen LogP contribution in [0.3, 0.4) is 0 Å². The summed E-state index contributed by atoms with van der Waals surface area (Å²) >= 11 is 0. The summed E-state index contributed by atoms with van der Waals surface area (Å²) in [6, 6.07) is 0.354. The SMILES string of the molecule is CCCNc1nc(OC)nc(N2CCCC(COC)C2)n1. The Labute approximate surface area is 126 Å². The zero-order chi connectivity index (χ0) is 15.1. The lowest BCUT2D eigenvalue weighted by Crippen LogP contribution is -2.38. The van der Waals surface area contributed by atoms with Gasteiger partial charge in [-0.3, -0.25) is 0 Å². The fourth-order valence-electron chi connectivity index (χ4n) is 2.51. The molecule has 0 spiro atoms. The number of hydrogen-bond donors (Lipinski definition) is 1. The Balaban J connectivity index is 2.13. The molecule has 1 fully saturated rings. The molecule has 21 heavy (non-hydrogen) atoms. The summed E-state index contributed by atoms with van der Waals surface area (Å²) in [5, 5.41) is 3.19. The second-order valence-electron chi connectivity index (χ2n) is 5.28. The topological polar surface area (TPSA) is 72.4 Å². The smallest absolute Gasteiger partial charge is 0.322 e. The quantitative estimate of drug-likeness (QED) is 0.818. The molecule has 0 radical (unpaired) electrons. The van der Waals surface area contributed by atoms with Gasteiger partial charge in [-0.2, -0.15) is 15.0 Å². The average molecular weight is 295 g/mol. The van der Waals surface area contributed by atoms with Gasteiger partial charge in [0.05, 0.1) is 13.7 Å². The molecule has 0 saturated carbocycles. The lowest BCUT2D eigenvalue weighted by atomic mass is 9.99. The highest BCUT2D eigenvalue weighted by Crippen LogP contribution is 2.22. The van der Waals surface area contributed by atoms with Gasteiger partial charge >= 0.3 is 6.01 Å². The van der Waals surface area contributed by atoms with Crippen molar-refractivity contribution >= 4 is 11.9 Å². The Morgan fingerprint density at radius 1 is 1.29 bits per heavy atom. The van der Waals surface area contributed by atoms with Crippen molar-refractivity contribution in [1.29, 1.82) is 0 Å². The van der Waals surface area contributed by atoms with Gasteiger partial charge < -0.3 is 19.7 Å². The van der Waals surface area contributed by atoms with E-state index in [0.717, 1.165) is 39.1 Å². The van der Waals surface area contributed by atoms with E-state index in [1.54, 1.807) is 14.2 Å². The molecule has 7 nitrogen and oxygen atoms in total. The summed E-state index contributed by atoms with van der Waals surface area (Å²) in [7, 11) is 3.32. The maximum Gasteiger partial charge on any atom is 0.322 e. The molecule has 1 saturated heterocycles. The summed E-state index contributed by atoms with van der Waals surface area (Å²) in [6.45, 7) is 5.58. The fourth-order valence-corrected chi connectivity index (χ4v) is 2.51. The van der Waals surface area contributed by atoms with Gasteiger partial charge in [0.2, 0.25) is 11.9 Å². The van der Waals surface area contributed by atoms with Gasteiger partial charge in [-0.25, -0.2) is 0 Å². The van der Waals surface area contributed by atoms with Gasteiger partial charge in [0.15, 0.2) is 0 Å². The van der Waals surface area contributed by atoms with Crippen LogP contribution in [0, 0.1) is 5.92 Å². The second-order valence-corrected chi connectivity index (χ2v) is 5.28. The van der Waals surface area contributed by atoms with Gasteiger partial charge in [-0.05, 0) is 25.2 Å². The molecule has 1 aliphatic rings. The molecule has 0 bridgehead atoms. The Hall–Kier alpha value is -1.63. The van der Waals surface area contributed by atoms with Crippen molar-refractivity contribution in [2.45, 2.75) is 26.2 Å². The normalized spacial score (nSPS) is 18.6. The molecule has 1 N–H and O–H groups in total. The van der Waals surface area contributed by atoms with Crippen LogP contribution < -0.4 is 15.0 Å². The van der Waals surface area contributed by atoms with Gasteiger partial charge in [0, 0.05) is 26.7 Å². The number of piperidine rings is 1. The number of aromatic nitrogens is 3. The van der Waals surface area contributed by atoms with Crippen LogP contribution in [0.4, 0.5) is 11.9 Å². The van der Waals surface area contributed by atoms with E-state index in [1.165, 1.54) is 6.42 Å². The molecule has 2 heterocycles. The maximum absolute atomic E-state index is 5.27. The molecular weight excluding hydrogens is 270 g/mol. The number of nitrogens with zero attached hydrogens (tertiary/aromatic N) is 4. The first kappa shape index (κ1) is 15.8. The van der Waals surface area contributed by atoms with E-state index in [1.807, 2.05) is 0 Å². The van der Waals surface area contributed by atoms with E-state index in [2.05, 4.69) is 32.1 Å². The Bertz CT molecular complexity index is 441. The summed E-state index contributed by atoms with van der Waals surface area (Å²) in [6.07, 6.45) is 3.33. The molecule has 0 aliphatic carbocycles. The number of ether oxygens (including phenoxy) is 2. The number of hydrogen-bond acceptors (Lipinski definition) is 7. The number of methoxy groups -OCH3 is 2. The second kappa shape index (κ2) is 7.97. The molecule has 118 valence electrons. The van der Waals surface area contributed by atoms with Crippen LogP contribution in [0.1, 0.15) is 26.2 Å². The third-order valence-corrected chi connectivity index (χ3v) is 3.52. The van der Waals surface area contributed by atoms with Crippen LogP contribution in [0.15, 0.2) is 0 Å². The van der Waals surface area contributed by atoms with Crippen LogP contribution in [0.2, 0.25) is 0 Å². The van der Waals surface area contributed by atoms with Gasteiger partial charge in [-0.1, -0.05) is 6.92 Å². The number of anilines is 2. The minimum absolute atomic E-state index is 0.354. The molecular formula is C14H25N5O2. The predicted octanol–water partition coefficient (Wildman–Crippen LogP) is 1.56. The first-order valence-electron chi connectivity index (χ1n) is 7.54. The molecule has 1 atom stereocenters. The van der Waals surface area contributed by atoms with Crippen LogP contribution in [-0.2, 0) is 4.74 Å². The van der Waals surface area contributed by atoms with Crippen LogP contribution >= 0.6 is 0 Å². The summed E-state index contributed by atoms with van der Waals surface area (Å²) in [5.41, 5.74) is 0. The lowest BCUT2D eigenvalue weighted by molar-refractivity contribution is 0.143.